The molecular weight excluding hydrogens is 693 g/mol. The number of amides is 2. The van der Waals surface area contributed by atoms with Crippen molar-refractivity contribution in [2.45, 2.75) is 24.9 Å². The highest BCUT2D eigenvalue weighted by Gasteiger charge is 2.73. The maximum Gasteiger partial charge on any atom is 0.435 e. The SMILES string of the molecule is Cc1cc(C#N)ccc1C(=O)Nc1cc(C(=O)Nc2c(Br)cc(C(F)(C(F)(F)F)C(F)(F)F)cc2Br)ccc1C#N. The lowest BCUT2D eigenvalue weighted by Crippen LogP contribution is -2.50. The van der Waals surface area contributed by atoms with Crippen LogP contribution in [0.1, 0.15) is 43.0 Å². The molecule has 0 aliphatic carbocycles. The van der Waals surface area contributed by atoms with E-state index < -0.39 is 44.3 Å². The fourth-order valence-electron chi connectivity index (χ4n) is 3.63. The van der Waals surface area contributed by atoms with Crippen LogP contribution in [0.4, 0.5) is 42.1 Å². The Bertz CT molecular complexity index is 1600. The highest BCUT2D eigenvalue weighted by molar-refractivity contribution is 9.11. The molecule has 3 aromatic rings. The minimum atomic E-state index is -6.34. The van der Waals surface area contributed by atoms with Crippen molar-refractivity contribution < 1.29 is 40.3 Å². The molecule has 2 amide bonds. The second-order valence-corrected chi connectivity index (χ2v) is 10.1. The number of benzene rings is 3. The van der Waals surface area contributed by atoms with Crippen molar-refractivity contribution in [2.75, 3.05) is 10.6 Å². The second-order valence-electron chi connectivity index (χ2n) is 8.39. The molecule has 2 N–H and O–H groups in total. The molecule has 15 heteroatoms. The number of nitrogens with one attached hydrogen (secondary N) is 2. The van der Waals surface area contributed by atoms with E-state index in [1.54, 1.807) is 6.92 Å². The zero-order valence-electron chi connectivity index (χ0n) is 20.2. The van der Waals surface area contributed by atoms with E-state index >= 15 is 0 Å². The summed E-state index contributed by atoms with van der Waals surface area (Å²) in [6.45, 7) is 1.59. The van der Waals surface area contributed by atoms with Crippen molar-refractivity contribution in [3.8, 4) is 12.1 Å². The number of carbonyl (C=O) groups is 2. The van der Waals surface area contributed by atoms with Gasteiger partial charge in [-0.3, -0.25) is 9.59 Å². The Balaban J connectivity index is 1.94. The standard InChI is InChI=1S/C26H13Br2F7N4O2/c1-12-6-13(10-36)2-5-17(12)23(41)38-20-7-14(3-4-15(20)11-37)22(40)39-21-18(27)8-16(9-19(21)28)24(29,25(30,31)32)26(33,34)35/h2-9H,1H3,(H,38,41)(H,39,40). The van der Waals surface area contributed by atoms with Gasteiger partial charge in [-0.2, -0.15) is 36.9 Å². The van der Waals surface area contributed by atoms with Gasteiger partial charge in [0.2, 0.25) is 0 Å². The smallest absolute Gasteiger partial charge is 0.321 e. The molecule has 6 nitrogen and oxygen atoms in total. The van der Waals surface area contributed by atoms with Gasteiger partial charge < -0.3 is 10.6 Å². The van der Waals surface area contributed by atoms with Gasteiger partial charge in [0.25, 0.3) is 11.8 Å². The molecule has 0 atom stereocenters. The molecule has 0 bridgehead atoms. The molecule has 0 fully saturated rings. The van der Waals surface area contributed by atoms with Gasteiger partial charge in [-0.15, -0.1) is 0 Å². The summed E-state index contributed by atoms with van der Waals surface area (Å²) < 4.78 is 92.5. The van der Waals surface area contributed by atoms with Gasteiger partial charge in [0.15, 0.2) is 0 Å². The van der Waals surface area contributed by atoms with E-state index in [1.165, 1.54) is 30.3 Å². The third-order valence-corrected chi connectivity index (χ3v) is 6.96. The highest BCUT2D eigenvalue weighted by atomic mass is 79.9. The average molecular weight is 706 g/mol. The van der Waals surface area contributed by atoms with Gasteiger partial charge >= 0.3 is 18.0 Å². The zero-order valence-corrected chi connectivity index (χ0v) is 23.4. The van der Waals surface area contributed by atoms with Gasteiger partial charge in [0.1, 0.15) is 6.07 Å². The number of nitriles is 2. The lowest BCUT2D eigenvalue weighted by molar-refractivity contribution is -0.348. The molecule has 0 unspecified atom stereocenters. The number of aryl methyl sites for hydroxylation is 1. The van der Waals surface area contributed by atoms with Crippen molar-refractivity contribution in [3.05, 3.63) is 90.9 Å². The highest BCUT2D eigenvalue weighted by Crippen LogP contribution is 2.54. The maximum absolute atomic E-state index is 14.5. The molecule has 0 spiro atoms. The lowest BCUT2D eigenvalue weighted by atomic mass is 9.94. The van der Waals surface area contributed by atoms with E-state index in [9.17, 15) is 45.6 Å². The van der Waals surface area contributed by atoms with Crippen molar-refractivity contribution in [1.82, 2.24) is 0 Å². The molecule has 0 heterocycles. The Morgan fingerprint density at radius 2 is 1.37 bits per heavy atom. The topological polar surface area (TPSA) is 106 Å². The van der Waals surface area contributed by atoms with E-state index in [2.05, 4.69) is 42.5 Å². The fourth-order valence-corrected chi connectivity index (χ4v) is 5.01. The molecule has 41 heavy (non-hydrogen) atoms. The van der Waals surface area contributed by atoms with Crippen LogP contribution in [0.5, 0.6) is 0 Å². The molecule has 0 radical (unpaired) electrons. The van der Waals surface area contributed by atoms with Crippen molar-refractivity contribution in [2.24, 2.45) is 0 Å². The lowest BCUT2D eigenvalue weighted by Gasteiger charge is -2.31. The average Bonchev–Trinajstić information content (AvgIpc) is 2.88. The molecule has 3 rings (SSSR count). The first-order valence-electron chi connectivity index (χ1n) is 10.9. The fraction of sp³-hybridized carbons (Fsp3) is 0.154. The predicted octanol–water partition coefficient (Wildman–Crippen LogP) is 8.06. The first kappa shape index (κ1) is 31.6. The van der Waals surface area contributed by atoms with E-state index in [0.29, 0.717) is 11.1 Å². The number of anilines is 2. The molecule has 0 aromatic heterocycles. The van der Waals surface area contributed by atoms with Crippen LogP contribution in [0.15, 0.2) is 57.5 Å². The largest absolute Gasteiger partial charge is 0.435 e. The van der Waals surface area contributed by atoms with Crippen LogP contribution in [0, 0.1) is 29.6 Å². The van der Waals surface area contributed by atoms with Gasteiger partial charge in [0, 0.05) is 25.6 Å². The third-order valence-electron chi connectivity index (χ3n) is 5.71. The number of nitrogens with zero attached hydrogens (tertiary/aromatic N) is 2. The quantitative estimate of drug-likeness (QED) is 0.262. The summed E-state index contributed by atoms with van der Waals surface area (Å²) in [5.41, 5.74) is -7.13. The van der Waals surface area contributed by atoms with Crippen molar-refractivity contribution in [1.29, 1.82) is 10.5 Å². The van der Waals surface area contributed by atoms with E-state index in [4.69, 9.17) is 5.26 Å². The maximum atomic E-state index is 14.5. The van der Waals surface area contributed by atoms with Crippen molar-refractivity contribution >= 4 is 55.0 Å². The molecule has 212 valence electrons. The van der Waals surface area contributed by atoms with Gasteiger partial charge in [0.05, 0.1) is 28.6 Å². The summed E-state index contributed by atoms with van der Waals surface area (Å²) in [6, 6.07) is 12.0. The molecule has 0 aliphatic rings. The summed E-state index contributed by atoms with van der Waals surface area (Å²) in [7, 11) is 0. The van der Waals surface area contributed by atoms with Crippen molar-refractivity contribution in [3.63, 3.8) is 0 Å². The predicted molar refractivity (Wildman–Crippen MR) is 140 cm³/mol. The Morgan fingerprint density at radius 3 is 1.85 bits per heavy atom. The van der Waals surface area contributed by atoms with Crippen LogP contribution in [0.2, 0.25) is 0 Å². The summed E-state index contributed by atoms with van der Waals surface area (Å²) in [6.07, 6.45) is -12.7. The first-order valence-corrected chi connectivity index (χ1v) is 12.5. The molecule has 0 saturated carbocycles. The summed E-state index contributed by atoms with van der Waals surface area (Å²) in [5, 5.41) is 23.2. The van der Waals surface area contributed by atoms with Crippen LogP contribution in [0.25, 0.3) is 0 Å². The molecule has 0 saturated heterocycles. The third kappa shape index (κ3) is 6.21. The van der Waals surface area contributed by atoms with Gasteiger partial charge in [-0.1, -0.05) is 0 Å². The minimum Gasteiger partial charge on any atom is -0.321 e. The Morgan fingerprint density at radius 1 is 0.780 bits per heavy atom. The number of carbonyl (C=O) groups excluding carboxylic acids is 2. The normalized spacial score (nSPS) is 11.8. The number of hydrogen-bond acceptors (Lipinski definition) is 4. The number of alkyl halides is 7. The summed E-state index contributed by atoms with van der Waals surface area (Å²) >= 11 is 5.54. The Labute approximate surface area is 244 Å². The van der Waals surface area contributed by atoms with Crippen LogP contribution >= 0.6 is 31.9 Å². The summed E-state index contributed by atoms with van der Waals surface area (Å²) in [4.78, 5) is 25.7. The van der Waals surface area contributed by atoms with Crippen LogP contribution in [0.3, 0.4) is 0 Å². The van der Waals surface area contributed by atoms with E-state index in [-0.39, 0.29) is 40.2 Å². The van der Waals surface area contributed by atoms with Crippen LogP contribution in [-0.2, 0) is 5.67 Å². The van der Waals surface area contributed by atoms with E-state index in [0.717, 1.165) is 6.07 Å². The minimum absolute atomic E-state index is 0.0356. The number of halogens is 9. The molecular formula is C26H13Br2F7N4O2. The molecule has 3 aromatic carbocycles. The van der Waals surface area contributed by atoms with Gasteiger partial charge in [-0.25, -0.2) is 4.39 Å². The zero-order chi connectivity index (χ0) is 30.9. The van der Waals surface area contributed by atoms with Crippen LogP contribution < -0.4 is 10.6 Å². The monoisotopic (exact) mass is 704 g/mol. The second kappa shape index (κ2) is 11.5. The Hall–Kier alpha value is -3.95. The number of rotatable bonds is 5. The van der Waals surface area contributed by atoms with E-state index in [1.807, 2.05) is 12.1 Å². The Kier molecular flexibility index (Phi) is 8.86. The van der Waals surface area contributed by atoms with Crippen LogP contribution in [-0.4, -0.2) is 24.2 Å². The first-order chi connectivity index (χ1) is 18.9. The summed E-state index contributed by atoms with van der Waals surface area (Å²) in [5.74, 6) is -1.60. The molecule has 0 aliphatic heterocycles. The van der Waals surface area contributed by atoms with Gasteiger partial charge in [-0.05, 0) is 92.9 Å². The number of hydrogen-bond donors (Lipinski definition) is 2.